The van der Waals surface area contributed by atoms with E-state index in [0.717, 1.165) is 30.8 Å². The molecule has 4 heteroatoms. The number of carbonyl (C=O) groups excluding carboxylic acids is 1. The van der Waals surface area contributed by atoms with Gasteiger partial charge in [-0.25, -0.2) is 0 Å². The summed E-state index contributed by atoms with van der Waals surface area (Å²) >= 11 is 0. The van der Waals surface area contributed by atoms with Crippen molar-refractivity contribution >= 4 is 17.3 Å². The van der Waals surface area contributed by atoms with Gasteiger partial charge in [0.2, 0.25) is 0 Å². The molecule has 0 fully saturated rings. The molecule has 0 aliphatic carbocycles. The van der Waals surface area contributed by atoms with Gasteiger partial charge in [-0.3, -0.25) is 4.79 Å². The number of ether oxygens (including phenoxy) is 1. The highest BCUT2D eigenvalue weighted by molar-refractivity contribution is 5.69. The lowest BCUT2D eigenvalue weighted by Crippen LogP contribution is -2.15. The summed E-state index contributed by atoms with van der Waals surface area (Å²) in [5.41, 5.74) is 7.56. The zero-order valence-corrected chi connectivity index (χ0v) is 11.8. The maximum Gasteiger partial charge on any atom is 0.306 e. The predicted molar refractivity (Wildman–Crippen MR) is 79.0 cm³/mol. The second-order valence-corrected chi connectivity index (χ2v) is 4.59. The minimum absolute atomic E-state index is 0.103. The van der Waals surface area contributed by atoms with Crippen LogP contribution in [0.1, 0.15) is 33.1 Å². The van der Waals surface area contributed by atoms with Crippen LogP contribution in [0.25, 0.3) is 0 Å². The maximum atomic E-state index is 11.4. The van der Waals surface area contributed by atoms with Crippen LogP contribution in [0.5, 0.6) is 0 Å². The molecule has 0 spiro atoms. The largest absolute Gasteiger partial charge is 0.466 e. The molecule has 0 bridgehead atoms. The van der Waals surface area contributed by atoms with E-state index in [1.807, 2.05) is 31.2 Å². The zero-order chi connectivity index (χ0) is 14.1. The molecule has 0 saturated heterocycles. The molecule has 0 aliphatic rings. The first-order chi connectivity index (χ1) is 9.17. The van der Waals surface area contributed by atoms with Crippen molar-refractivity contribution < 1.29 is 9.53 Å². The third-order valence-corrected chi connectivity index (χ3v) is 3.17. The van der Waals surface area contributed by atoms with Gasteiger partial charge < -0.3 is 15.8 Å². The molecule has 0 aromatic heterocycles. The number of para-hydroxylation sites is 2. The number of benzene rings is 1. The van der Waals surface area contributed by atoms with Gasteiger partial charge in [-0.05, 0) is 31.4 Å². The van der Waals surface area contributed by atoms with Crippen LogP contribution in [0.15, 0.2) is 24.3 Å². The average molecular weight is 264 g/mol. The van der Waals surface area contributed by atoms with Gasteiger partial charge in [0.05, 0.1) is 18.0 Å². The van der Waals surface area contributed by atoms with Crippen molar-refractivity contribution in [1.82, 2.24) is 0 Å². The Morgan fingerprint density at radius 3 is 2.74 bits per heavy atom. The smallest absolute Gasteiger partial charge is 0.306 e. The van der Waals surface area contributed by atoms with Gasteiger partial charge in [0.15, 0.2) is 0 Å². The highest BCUT2D eigenvalue weighted by Crippen LogP contribution is 2.19. The van der Waals surface area contributed by atoms with Gasteiger partial charge in [-0.2, -0.15) is 0 Å². The van der Waals surface area contributed by atoms with E-state index in [2.05, 4.69) is 12.2 Å². The third kappa shape index (κ3) is 5.64. The number of hydrogen-bond acceptors (Lipinski definition) is 4. The number of nitrogens with one attached hydrogen (secondary N) is 1. The number of carbonyl (C=O) groups is 1. The molecule has 0 amide bonds. The Labute approximate surface area is 115 Å². The van der Waals surface area contributed by atoms with Crippen LogP contribution < -0.4 is 11.1 Å². The normalized spacial score (nSPS) is 11.9. The van der Waals surface area contributed by atoms with Crippen LogP contribution in [-0.4, -0.2) is 19.1 Å². The zero-order valence-electron chi connectivity index (χ0n) is 11.8. The summed E-state index contributed by atoms with van der Waals surface area (Å²) in [6.45, 7) is 5.19. The van der Waals surface area contributed by atoms with Crippen LogP contribution in [-0.2, 0) is 9.53 Å². The molecule has 1 atom stereocenters. The van der Waals surface area contributed by atoms with E-state index in [0.29, 0.717) is 18.9 Å². The molecule has 4 nitrogen and oxygen atoms in total. The third-order valence-electron chi connectivity index (χ3n) is 3.17. The van der Waals surface area contributed by atoms with Crippen LogP contribution in [0, 0.1) is 5.92 Å². The number of hydrogen-bond donors (Lipinski definition) is 2. The summed E-state index contributed by atoms with van der Waals surface area (Å²) in [7, 11) is 0. The molecule has 1 aromatic carbocycles. The fourth-order valence-electron chi connectivity index (χ4n) is 1.98. The molecular weight excluding hydrogens is 240 g/mol. The molecule has 106 valence electrons. The minimum Gasteiger partial charge on any atom is -0.466 e. The summed E-state index contributed by atoms with van der Waals surface area (Å²) < 4.78 is 4.98. The van der Waals surface area contributed by atoms with E-state index in [9.17, 15) is 4.79 Å². The number of nitrogen functional groups attached to an aromatic ring is 1. The second-order valence-electron chi connectivity index (χ2n) is 4.59. The van der Waals surface area contributed by atoms with Crippen molar-refractivity contribution in [3.63, 3.8) is 0 Å². The molecule has 0 saturated carbocycles. The summed E-state index contributed by atoms with van der Waals surface area (Å²) in [5, 5.41) is 3.31. The lowest BCUT2D eigenvalue weighted by atomic mass is 9.98. The van der Waals surface area contributed by atoms with E-state index in [-0.39, 0.29) is 5.97 Å². The summed E-state index contributed by atoms with van der Waals surface area (Å²) in [5.74, 6) is 0.255. The molecule has 0 radical (unpaired) electrons. The summed E-state index contributed by atoms with van der Waals surface area (Å²) in [6, 6.07) is 7.70. The highest BCUT2D eigenvalue weighted by atomic mass is 16.5. The summed E-state index contributed by atoms with van der Waals surface area (Å²) in [4.78, 5) is 11.4. The Balaban J connectivity index is 2.34. The fraction of sp³-hybridized carbons (Fsp3) is 0.533. The van der Waals surface area contributed by atoms with Crippen molar-refractivity contribution in [1.29, 1.82) is 0 Å². The topological polar surface area (TPSA) is 64.3 Å². The number of rotatable bonds is 8. The van der Waals surface area contributed by atoms with E-state index in [4.69, 9.17) is 10.5 Å². The fourth-order valence-corrected chi connectivity index (χ4v) is 1.98. The monoisotopic (exact) mass is 264 g/mol. The van der Waals surface area contributed by atoms with Gasteiger partial charge in [-0.1, -0.05) is 25.5 Å². The van der Waals surface area contributed by atoms with Crippen LogP contribution in [0.4, 0.5) is 11.4 Å². The van der Waals surface area contributed by atoms with Crippen molar-refractivity contribution in [3.8, 4) is 0 Å². The van der Waals surface area contributed by atoms with Gasteiger partial charge in [0, 0.05) is 13.0 Å². The number of esters is 1. The van der Waals surface area contributed by atoms with Gasteiger partial charge in [0.1, 0.15) is 0 Å². The predicted octanol–water partition coefficient (Wildman–Crippen LogP) is 3.05. The Morgan fingerprint density at radius 2 is 2.11 bits per heavy atom. The molecule has 1 aromatic rings. The lowest BCUT2D eigenvalue weighted by Gasteiger charge is -2.15. The quantitative estimate of drug-likeness (QED) is 0.559. The van der Waals surface area contributed by atoms with E-state index in [1.54, 1.807) is 0 Å². The standard InChI is InChI=1S/C15H24N2O2/c1-3-12(11-15(18)19-4-2)9-10-17-14-8-6-5-7-13(14)16/h5-8,12,17H,3-4,9-11,16H2,1-2H3. The lowest BCUT2D eigenvalue weighted by molar-refractivity contribution is -0.144. The Morgan fingerprint density at radius 1 is 1.37 bits per heavy atom. The number of nitrogens with two attached hydrogens (primary N) is 1. The molecule has 1 rings (SSSR count). The Hall–Kier alpha value is -1.71. The Bertz CT molecular complexity index is 393. The molecular formula is C15H24N2O2. The van der Waals surface area contributed by atoms with E-state index in [1.165, 1.54) is 0 Å². The maximum absolute atomic E-state index is 11.4. The van der Waals surface area contributed by atoms with Gasteiger partial charge >= 0.3 is 5.97 Å². The first-order valence-electron chi connectivity index (χ1n) is 6.91. The molecule has 3 N–H and O–H groups in total. The molecule has 0 heterocycles. The second kappa shape index (κ2) is 8.40. The molecule has 1 unspecified atom stereocenters. The highest BCUT2D eigenvalue weighted by Gasteiger charge is 2.12. The van der Waals surface area contributed by atoms with Crippen molar-refractivity contribution in [2.24, 2.45) is 5.92 Å². The summed E-state index contributed by atoms with van der Waals surface area (Å²) in [6.07, 6.45) is 2.41. The average Bonchev–Trinajstić information content (AvgIpc) is 2.40. The Kier molecular flexibility index (Phi) is 6.79. The first-order valence-corrected chi connectivity index (χ1v) is 6.91. The van der Waals surface area contributed by atoms with Crippen molar-refractivity contribution in [2.45, 2.75) is 33.1 Å². The minimum atomic E-state index is -0.103. The van der Waals surface area contributed by atoms with Gasteiger partial charge in [0.25, 0.3) is 0 Å². The van der Waals surface area contributed by atoms with Crippen molar-refractivity contribution in [3.05, 3.63) is 24.3 Å². The SMILES string of the molecule is CCOC(=O)CC(CC)CCNc1ccccc1N. The van der Waals surface area contributed by atoms with Crippen LogP contribution in [0.2, 0.25) is 0 Å². The van der Waals surface area contributed by atoms with E-state index < -0.39 is 0 Å². The van der Waals surface area contributed by atoms with Crippen LogP contribution in [0.3, 0.4) is 0 Å². The van der Waals surface area contributed by atoms with Crippen molar-refractivity contribution in [2.75, 3.05) is 24.2 Å². The van der Waals surface area contributed by atoms with Gasteiger partial charge in [-0.15, -0.1) is 0 Å². The number of anilines is 2. The first kappa shape index (κ1) is 15.3. The van der Waals surface area contributed by atoms with E-state index >= 15 is 0 Å². The molecule has 19 heavy (non-hydrogen) atoms. The van der Waals surface area contributed by atoms with Crippen LogP contribution >= 0.6 is 0 Å². The molecule has 0 aliphatic heterocycles.